The SMILES string of the molecule is c1ccc(-c2cccc(-c3ccc(N(c4ccccc4)c4ccc(-c5ccc6c(c5)c5ccccc5c5oc(-c7ccccc7)c(-c7ccccc7)c65)cc4)cc3)c2)cc1. The van der Waals surface area contributed by atoms with E-state index in [0.717, 1.165) is 61.4 Å². The summed E-state index contributed by atoms with van der Waals surface area (Å²) in [6.07, 6.45) is 0. The Bertz CT molecular complexity index is 3260. The van der Waals surface area contributed by atoms with Gasteiger partial charge in [-0.05, 0) is 104 Å². The van der Waals surface area contributed by atoms with Crippen LogP contribution >= 0.6 is 0 Å². The molecule has 0 atom stereocenters. The van der Waals surface area contributed by atoms with Gasteiger partial charge in [0.25, 0.3) is 0 Å². The van der Waals surface area contributed by atoms with Crippen LogP contribution in [-0.4, -0.2) is 0 Å². The second kappa shape index (κ2) is 15.1. The Balaban J connectivity index is 0.991. The van der Waals surface area contributed by atoms with Gasteiger partial charge >= 0.3 is 0 Å². The number of benzene rings is 10. The molecule has 0 saturated heterocycles. The molecule has 1 heterocycles. The van der Waals surface area contributed by atoms with Gasteiger partial charge in [-0.15, -0.1) is 0 Å². The Morgan fingerprint density at radius 1 is 0.267 bits per heavy atom. The van der Waals surface area contributed by atoms with Gasteiger partial charge < -0.3 is 9.32 Å². The van der Waals surface area contributed by atoms with E-state index >= 15 is 0 Å². The zero-order valence-electron chi connectivity index (χ0n) is 32.9. The van der Waals surface area contributed by atoms with E-state index in [0.29, 0.717) is 0 Å². The van der Waals surface area contributed by atoms with Crippen LogP contribution in [0.25, 0.3) is 88.3 Å². The highest BCUT2D eigenvalue weighted by atomic mass is 16.3. The molecule has 0 aliphatic heterocycles. The zero-order valence-corrected chi connectivity index (χ0v) is 32.9. The molecule has 10 aromatic carbocycles. The minimum Gasteiger partial charge on any atom is -0.455 e. The quantitative estimate of drug-likeness (QED) is 0.143. The minimum absolute atomic E-state index is 0.893. The molecule has 0 spiro atoms. The van der Waals surface area contributed by atoms with E-state index in [1.54, 1.807) is 0 Å². The number of hydrogen-bond donors (Lipinski definition) is 0. The molecule has 0 amide bonds. The van der Waals surface area contributed by atoms with E-state index < -0.39 is 0 Å². The van der Waals surface area contributed by atoms with Crippen molar-refractivity contribution >= 4 is 49.6 Å². The van der Waals surface area contributed by atoms with Crippen LogP contribution in [-0.2, 0) is 0 Å². The molecule has 0 bridgehead atoms. The Morgan fingerprint density at radius 3 is 1.30 bits per heavy atom. The van der Waals surface area contributed by atoms with E-state index in [-0.39, 0.29) is 0 Å². The van der Waals surface area contributed by atoms with E-state index in [9.17, 15) is 0 Å². The number of fused-ring (bicyclic) bond motifs is 6. The van der Waals surface area contributed by atoms with E-state index in [1.165, 1.54) is 44.0 Å². The molecule has 1 aromatic heterocycles. The molecule has 0 radical (unpaired) electrons. The maximum atomic E-state index is 6.93. The maximum Gasteiger partial charge on any atom is 0.143 e. The summed E-state index contributed by atoms with van der Waals surface area (Å²) in [5.41, 5.74) is 14.7. The van der Waals surface area contributed by atoms with E-state index in [1.807, 2.05) is 0 Å². The Morgan fingerprint density at radius 2 is 0.700 bits per heavy atom. The highest BCUT2D eigenvalue weighted by Gasteiger charge is 2.23. The lowest BCUT2D eigenvalue weighted by Gasteiger charge is -2.26. The molecule has 60 heavy (non-hydrogen) atoms. The predicted octanol–water partition coefficient (Wildman–Crippen LogP) is 16.5. The molecular formula is C58H39NO. The molecule has 0 N–H and O–H groups in total. The van der Waals surface area contributed by atoms with Crippen LogP contribution in [0.5, 0.6) is 0 Å². The minimum atomic E-state index is 0.893. The van der Waals surface area contributed by atoms with Gasteiger partial charge in [0.2, 0.25) is 0 Å². The van der Waals surface area contributed by atoms with Gasteiger partial charge in [0.15, 0.2) is 0 Å². The van der Waals surface area contributed by atoms with Crippen LogP contribution in [0.2, 0.25) is 0 Å². The van der Waals surface area contributed by atoms with Crippen molar-refractivity contribution in [2.75, 3.05) is 4.90 Å². The summed E-state index contributed by atoms with van der Waals surface area (Å²) in [6, 6.07) is 84.5. The largest absolute Gasteiger partial charge is 0.455 e. The number of hydrogen-bond acceptors (Lipinski definition) is 2. The molecule has 11 rings (SSSR count). The van der Waals surface area contributed by atoms with Crippen molar-refractivity contribution in [1.29, 1.82) is 0 Å². The highest BCUT2D eigenvalue weighted by molar-refractivity contribution is 6.28. The first-order valence-electron chi connectivity index (χ1n) is 20.5. The van der Waals surface area contributed by atoms with Crippen LogP contribution in [0.3, 0.4) is 0 Å². The van der Waals surface area contributed by atoms with Gasteiger partial charge in [0.05, 0.1) is 0 Å². The first-order chi connectivity index (χ1) is 29.8. The number of nitrogens with zero attached hydrogens (tertiary/aromatic N) is 1. The monoisotopic (exact) mass is 765 g/mol. The van der Waals surface area contributed by atoms with Gasteiger partial charge in [-0.25, -0.2) is 0 Å². The molecule has 11 aromatic rings. The lowest BCUT2D eigenvalue weighted by atomic mass is 9.91. The molecule has 0 fully saturated rings. The molecule has 282 valence electrons. The third-order valence-corrected chi connectivity index (χ3v) is 11.7. The molecular weight excluding hydrogens is 727 g/mol. The van der Waals surface area contributed by atoms with Crippen molar-refractivity contribution in [3.8, 4) is 55.8 Å². The number of anilines is 3. The topological polar surface area (TPSA) is 16.4 Å². The smallest absolute Gasteiger partial charge is 0.143 e. The fourth-order valence-corrected chi connectivity index (χ4v) is 8.77. The molecule has 2 heteroatoms. The summed E-state index contributed by atoms with van der Waals surface area (Å²) in [4.78, 5) is 2.33. The van der Waals surface area contributed by atoms with Gasteiger partial charge in [-0.1, -0.05) is 188 Å². The van der Waals surface area contributed by atoms with E-state index in [2.05, 4.69) is 241 Å². The summed E-state index contributed by atoms with van der Waals surface area (Å²) >= 11 is 0. The first-order valence-corrected chi connectivity index (χ1v) is 20.5. The van der Waals surface area contributed by atoms with Gasteiger partial charge in [0, 0.05) is 39.0 Å². The molecule has 0 aliphatic rings. The van der Waals surface area contributed by atoms with E-state index in [4.69, 9.17) is 4.42 Å². The van der Waals surface area contributed by atoms with Crippen molar-refractivity contribution in [2.24, 2.45) is 0 Å². The standard InChI is InChI=1S/C58H39NO/c1-5-16-40(17-6-1)45-22-15-23-46(38-45)41-28-33-49(34-29-41)59(48-24-11-4-12-25-48)50-35-30-42(31-36-50)47-32-37-52-54(39-47)51-26-13-14-27-53(51)58-56(52)55(43-18-7-2-8-19-43)57(60-58)44-20-9-3-10-21-44/h1-39H. The average molecular weight is 766 g/mol. The zero-order chi connectivity index (χ0) is 39.8. The summed E-state index contributed by atoms with van der Waals surface area (Å²) < 4.78 is 6.93. The second-order valence-corrected chi connectivity index (χ2v) is 15.3. The van der Waals surface area contributed by atoms with Crippen LogP contribution in [0, 0.1) is 0 Å². The molecule has 2 nitrogen and oxygen atoms in total. The lowest BCUT2D eigenvalue weighted by molar-refractivity contribution is 0.636. The lowest BCUT2D eigenvalue weighted by Crippen LogP contribution is -2.09. The Labute approximate surface area is 349 Å². The highest BCUT2D eigenvalue weighted by Crippen LogP contribution is 2.48. The first kappa shape index (κ1) is 35.2. The summed E-state index contributed by atoms with van der Waals surface area (Å²) in [6.45, 7) is 0. The number of furan rings is 1. The van der Waals surface area contributed by atoms with Gasteiger partial charge in [-0.2, -0.15) is 0 Å². The normalized spacial score (nSPS) is 11.3. The number of rotatable bonds is 8. The average Bonchev–Trinajstić information content (AvgIpc) is 3.75. The fraction of sp³-hybridized carbons (Fsp3) is 0. The number of para-hydroxylation sites is 1. The summed E-state index contributed by atoms with van der Waals surface area (Å²) in [7, 11) is 0. The van der Waals surface area contributed by atoms with Crippen molar-refractivity contribution in [1.82, 2.24) is 0 Å². The fourth-order valence-electron chi connectivity index (χ4n) is 8.77. The Kier molecular flexibility index (Phi) is 8.87. The van der Waals surface area contributed by atoms with Crippen LogP contribution in [0.4, 0.5) is 17.1 Å². The predicted molar refractivity (Wildman–Crippen MR) is 253 cm³/mol. The third kappa shape index (κ3) is 6.32. The van der Waals surface area contributed by atoms with Crippen molar-refractivity contribution in [2.45, 2.75) is 0 Å². The molecule has 0 aliphatic carbocycles. The van der Waals surface area contributed by atoms with Crippen LogP contribution < -0.4 is 4.90 Å². The molecule has 0 unspecified atom stereocenters. The second-order valence-electron chi connectivity index (χ2n) is 15.3. The molecule has 0 saturated carbocycles. The van der Waals surface area contributed by atoms with Gasteiger partial charge in [0.1, 0.15) is 11.3 Å². The summed E-state index contributed by atoms with van der Waals surface area (Å²) in [5, 5.41) is 5.82. The Hall–Kier alpha value is -7.94. The van der Waals surface area contributed by atoms with Gasteiger partial charge in [-0.3, -0.25) is 0 Å². The van der Waals surface area contributed by atoms with Crippen molar-refractivity contribution in [3.05, 3.63) is 237 Å². The van der Waals surface area contributed by atoms with Crippen molar-refractivity contribution in [3.63, 3.8) is 0 Å². The van der Waals surface area contributed by atoms with Crippen LogP contribution in [0.1, 0.15) is 0 Å². The summed E-state index contributed by atoms with van der Waals surface area (Å²) in [5.74, 6) is 0.893. The maximum absolute atomic E-state index is 6.93. The van der Waals surface area contributed by atoms with Crippen LogP contribution in [0.15, 0.2) is 241 Å². The third-order valence-electron chi connectivity index (χ3n) is 11.7. The van der Waals surface area contributed by atoms with Crippen molar-refractivity contribution < 1.29 is 4.42 Å².